The Morgan fingerprint density at radius 2 is 1.35 bits per heavy atom. The molecule has 1 unspecified atom stereocenters. The molecular weight excluding hydrogens is 251 g/mol. The fourth-order valence-corrected chi connectivity index (χ4v) is 1.88. The van der Waals surface area contributed by atoms with Gasteiger partial charge in [-0.3, -0.25) is 4.39 Å². The van der Waals surface area contributed by atoms with Crippen molar-refractivity contribution in [1.29, 1.82) is 0 Å². The molecule has 0 heterocycles. The van der Waals surface area contributed by atoms with E-state index in [0.29, 0.717) is 7.18 Å². The number of hydrogen-bond donors (Lipinski definition) is 2. The molecule has 0 aliphatic heterocycles. The predicted octanol–water partition coefficient (Wildman–Crippen LogP) is 6.42. The smallest absolute Gasteiger partial charge is 0.0785 e. The van der Waals surface area contributed by atoms with Gasteiger partial charge in [0.15, 0.2) is 0 Å². The van der Waals surface area contributed by atoms with Gasteiger partial charge >= 0.3 is 0 Å². The normalized spacial score (nSPS) is 11.1. The van der Waals surface area contributed by atoms with Gasteiger partial charge in [0.1, 0.15) is 0 Å². The lowest BCUT2D eigenvalue weighted by Gasteiger charge is -2.20. The largest absolute Gasteiger partial charge is 0.255 e. The number of thiol groups is 2. The third-order valence-electron chi connectivity index (χ3n) is 2.02. The summed E-state index contributed by atoms with van der Waals surface area (Å²) in [6.07, 6.45) is 6.28. The van der Waals surface area contributed by atoms with Gasteiger partial charge in [-0.2, -0.15) is 25.3 Å². The lowest BCUT2D eigenvalue weighted by Crippen LogP contribution is -2.11. The maximum atomic E-state index is 9.50. The van der Waals surface area contributed by atoms with Crippen LogP contribution in [0.25, 0.3) is 0 Å². The Morgan fingerprint density at radius 3 is 1.53 bits per heavy atom. The Kier molecular flexibility index (Phi) is 29.3. The first-order valence-electron chi connectivity index (χ1n) is 6.19. The zero-order chi connectivity index (χ0) is 13.6. The number of unbranched alkanes of at least 4 members (excludes halogenated alkanes) is 1. The number of alkyl halides is 1. The topological polar surface area (TPSA) is 0 Å². The molecule has 0 bridgehead atoms. The Morgan fingerprint density at radius 1 is 1.00 bits per heavy atom. The minimum Gasteiger partial charge on any atom is -0.255 e. The van der Waals surface area contributed by atoms with E-state index in [1.807, 2.05) is 6.92 Å². The predicted molar refractivity (Wildman–Crippen MR) is 89.4 cm³/mol. The van der Waals surface area contributed by atoms with Crippen molar-refractivity contribution in [1.82, 2.24) is 0 Å². The molecule has 3 heteroatoms. The van der Waals surface area contributed by atoms with Crippen molar-refractivity contribution in [2.45, 2.75) is 78.2 Å². The van der Waals surface area contributed by atoms with Crippen LogP contribution in [0.4, 0.5) is 4.39 Å². The first kappa shape index (κ1) is 26.2. The summed E-state index contributed by atoms with van der Waals surface area (Å²) in [4.78, 5) is 0. The second-order valence-electron chi connectivity index (χ2n) is 4.31. The van der Waals surface area contributed by atoms with Crippen LogP contribution in [0.15, 0.2) is 0 Å². The van der Waals surface area contributed by atoms with E-state index in [-0.39, 0.29) is 11.5 Å². The van der Waals surface area contributed by atoms with Crippen molar-refractivity contribution in [2.24, 2.45) is 5.92 Å². The summed E-state index contributed by atoms with van der Waals surface area (Å²) in [5, 5.41) is 0. The van der Waals surface area contributed by atoms with Crippen LogP contribution in [0.2, 0.25) is 0 Å². The standard InChI is InChI=1S/C8H18S2.C4H10.CH3F.CH4/c1-4-5-7(2)6-8(3,9)10;1-3-4-2;1-2;/h7,9-10H,4-6H2,1-3H3;3-4H2,1-2H3;1H3;1H4. The molecule has 0 nitrogen and oxygen atoms in total. The van der Waals surface area contributed by atoms with Gasteiger partial charge in [-0.15, -0.1) is 0 Å². The first-order chi connectivity index (χ1) is 7.37. The lowest BCUT2D eigenvalue weighted by molar-refractivity contribution is 0.476. The van der Waals surface area contributed by atoms with E-state index in [4.69, 9.17) is 0 Å². The van der Waals surface area contributed by atoms with Crippen molar-refractivity contribution < 1.29 is 4.39 Å². The van der Waals surface area contributed by atoms with Crippen LogP contribution in [0.3, 0.4) is 0 Å². The van der Waals surface area contributed by atoms with E-state index < -0.39 is 0 Å². The zero-order valence-corrected chi connectivity index (χ0v) is 13.7. The average Bonchev–Trinajstić information content (AvgIpc) is 2.19. The van der Waals surface area contributed by atoms with E-state index in [9.17, 15) is 4.39 Å². The van der Waals surface area contributed by atoms with Crippen LogP contribution in [0.1, 0.15) is 74.1 Å². The summed E-state index contributed by atoms with van der Waals surface area (Å²) < 4.78 is 9.41. The maximum Gasteiger partial charge on any atom is 0.0785 e. The highest BCUT2D eigenvalue weighted by Crippen LogP contribution is 2.28. The van der Waals surface area contributed by atoms with Crippen molar-refractivity contribution in [2.75, 3.05) is 7.18 Å². The molecule has 0 amide bonds. The second kappa shape index (κ2) is 19.0. The minimum atomic E-state index is -0.0887. The molecule has 110 valence electrons. The summed E-state index contributed by atoms with van der Waals surface area (Å²) in [7, 11) is 0.500. The van der Waals surface area contributed by atoms with Gasteiger partial charge in [-0.05, 0) is 19.3 Å². The van der Waals surface area contributed by atoms with Crippen molar-refractivity contribution in [3.8, 4) is 0 Å². The average molecular weight is 287 g/mol. The zero-order valence-electron chi connectivity index (χ0n) is 11.9. The van der Waals surface area contributed by atoms with Gasteiger partial charge in [0, 0.05) is 0 Å². The van der Waals surface area contributed by atoms with E-state index in [0.717, 1.165) is 12.3 Å². The summed E-state index contributed by atoms with van der Waals surface area (Å²) in [6, 6.07) is 0. The quantitative estimate of drug-likeness (QED) is 0.423. The Balaban J connectivity index is -0.000000103. The second-order valence-corrected chi connectivity index (χ2v) is 6.64. The van der Waals surface area contributed by atoms with Gasteiger partial charge in [0.2, 0.25) is 0 Å². The Hall–Kier alpha value is 0.630. The number of rotatable bonds is 5. The van der Waals surface area contributed by atoms with Gasteiger partial charge in [-0.1, -0.05) is 60.8 Å². The van der Waals surface area contributed by atoms with Gasteiger partial charge < -0.3 is 0 Å². The molecule has 0 aliphatic carbocycles. The summed E-state index contributed by atoms with van der Waals surface area (Å²) in [5.41, 5.74) is 0. The minimum absolute atomic E-state index is 0. The Bertz CT molecular complexity index is 109. The molecule has 0 aliphatic rings. The Labute approximate surface area is 121 Å². The summed E-state index contributed by atoms with van der Waals surface area (Å²) in [5.74, 6) is 0.755. The highest BCUT2D eigenvalue weighted by atomic mass is 32.2. The van der Waals surface area contributed by atoms with Gasteiger partial charge in [0.25, 0.3) is 0 Å². The van der Waals surface area contributed by atoms with Crippen LogP contribution in [-0.2, 0) is 0 Å². The fraction of sp³-hybridized carbons (Fsp3) is 1.00. The van der Waals surface area contributed by atoms with Gasteiger partial charge in [-0.25, -0.2) is 0 Å². The molecular formula is C14H35FS2. The molecule has 0 rings (SSSR count). The number of hydrogen-bond acceptors (Lipinski definition) is 2. The van der Waals surface area contributed by atoms with E-state index in [2.05, 4.69) is 53.0 Å². The lowest BCUT2D eigenvalue weighted by atomic mass is 10.0. The summed E-state index contributed by atoms with van der Waals surface area (Å²) >= 11 is 8.70. The molecule has 0 radical (unpaired) electrons. The van der Waals surface area contributed by atoms with Crippen LogP contribution < -0.4 is 0 Å². The van der Waals surface area contributed by atoms with E-state index in [1.165, 1.54) is 25.7 Å². The highest BCUT2D eigenvalue weighted by molar-refractivity contribution is 8.00. The highest BCUT2D eigenvalue weighted by Gasteiger charge is 2.15. The molecule has 0 spiro atoms. The van der Waals surface area contributed by atoms with Crippen LogP contribution in [-0.4, -0.2) is 11.3 Å². The van der Waals surface area contributed by atoms with Crippen LogP contribution in [0, 0.1) is 5.92 Å². The fourth-order valence-electron chi connectivity index (χ4n) is 1.25. The van der Waals surface area contributed by atoms with Crippen molar-refractivity contribution in [3.63, 3.8) is 0 Å². The van der Waals surface area contributed by atoms with E-state index >= 15 is 0 Å². The third-order valence-corrected chi connectivity index (χ3v) is 2.38. The van der Waals surface area contributed by atoms with Crippen molar-refractivity contribution >= 4 is 25.3 Å². The molecule has 0 N–H and O–H groups in total. The van der Waals surface area contributed by atoms with Gasteiger partial charge in [0.05, 0.1) is 11.3 Å². The summed E-state index contributed by atoms with van der Waals surface area (Å²) in [6.45, 7) is 10.9. The molecule has 0 saturated heterocycles. The monoisotopic (exact) mass is 286 g/mol. The maximum absolute atomic E-state index is 9.50. The number of halogens is 1. The molecule has 0 aromatic heterocycles. The van der Waals surface area contributed by atoms with Crippen LogP contribution >= 0.6 is 25.3 Å². The molecule has 0 fully saturated rings. The molecule has 17 heavy (non-hydrogen) atoms. The molecule has 0 aromatic rings. The molecule has 0 saturated carbocycles. The first-order valence-corrected chi connectivity index (χ1v) is 7.09. The van der Waals surface area contributed by atoms with Crippen molar-refractivity contribution in [3.05, 3.63) is 0 Å². The third kappa shape index (κ3) is 38.4. The molecule has 0 aromatic carbocycles. The molecule has 1 atom stereocenters. The van der Waals surface area contributed by atoms with Crippen LogP contribution in [0.5, 0.6) is 0 Å². The van der Waals surface area contributed by atoms with E-state index in [1.54, 1.807) is 0 Å². The SMILES string of the molecule is C.CCCC.CCCC(C)CC(C)(S)S.CF.